The molecular formula is C12H15FN2O4. The summed E-state index contributed by atoms with van der Waals surface area (Å²) in [7, 11) is 0. The summed E-state index contributed by atoms with van der Waals surface area (Å²) in [6.45, 7) is 3.24. The Kier molecular flexibility index (Phi) is 5.87. The molecule has 0 spiro atoms. The number of hydrogen-bond donors (Lipinski definition) is 1. The van der Waals surface area contributed by atoms with Crippen molar-refractivity contribution in [3.05, 3.63) is 39.7 Å². The lowest BCUT2D eigenvalue weighted by molar-refractivity contribution is -0.385. The molecule has 0 saturated heterocycles. The van der Waals surface area contributed by atoms with E-state index >= 15 is 0 Å². The van der Waals surface area contributed by atoms with E-state index in [1.54, 1.807) is 0 Å². The molecule has 0 atom stereocenters. The highest BCUT2D eigenvalue weighted by molar-refractivity contribution is 5.98. The van der Waals surface area contributed by atoms with Gasteiger partial charge in [-0.3, -0.25) is 14.9 Å². The normalized spacial score (nSPS) is 10.2. The van der Waals surface area contributed by atoms with Gasteiger partial charge in [0.1, 0.15) is 11.4 Å². The Morgan fingerprint density at radius 3 is 2.89 bits per heavy atom. The van der Waals surface area contributed by atoms with E-state index in [0.29, 0.717) is 26.2 Å². The van der Waals surface area contributed by atoms with Crippen LogP contribution in [0.15, 0.2) is 18.2 Å². The molecule has 7 heteroatoms. The van der Waals surface area contributed by atoms with Gasteiger partial charge in [0, 0.05) is 25.8 Å². The number of halogens is 1. The lowest BCUT2D eigenvalue weighted by Gasteiger charge is -2.06. The third kappa shape index (κ3) is 4.63. The fourth-order valence-corrected chi connectivity index (χ4v) is 1.47. The van der Waals surface area contributed by atoms with Crippen LogP contribution in [0.4, 0.5) is 10.1 Å². The van der Waals surface area contributed by atoms with Gasteiger partial charge >= 0.3 is 0 Å². The zero-order valence-corrected chi connectivity index (χ0v) is 10.5. The number of hydrogen-bond acceptors (Lipinski definition) is 4. The molecule has 0 saturated carbocycles. The Morgan fingerprint density at radius 2 is 2.26 bits per heavy atom. The van der Waals surface area contributed by atoms with Crippen LogP contribution in [-0.4, -0.2) is 30.6 Å². The summed E-state index contributed by atoms with van der Waals surface area (Å²) in [5.41, 5.74) is -0.690. The van der Waals surface area contributed by atoms with E-state index in [9.17, 15) is 19.3 Å². The number of carbonyl (C=O) groups excluding carboxylic acids is 1. The van der Waals surface area contributed by atoms with Crippen molar-refractivity contribution in [2.75, 3.05) is 19.8 Å². The van der Waals surface area contributed by atoms with E-state index in [1.165, 1.54) is 0 Å². The highest BCUT2D eigenvalue weighted by Crippen LogP contribution is 2.19. The standard InChI is InChI=1S/C12H15FN2O4/c1-2-19-7-3-6-14-12(16)10-8-9(13)4-5-11(10)15(17)18/h4-5,8H,2-3,6-7H2,1H3,(H,14,16). The number of nitrogens with one attached hydrogen (secondary N) is 1. The van der Waals surface area contributed by atoms with Crippen molar-refractivity contribution < 1.29 is 18.8 Å². The fourth-order valence-electron chi connectivity index (χ4n) is 1.47. The molecule has 6 nitrogen and oxygen atoms in total. The Morgan fingerprint density at radius 1 is 1.53 bits per heavy atom. The van der Waals surface area contributed by atoms with E-state index in [4.69, 9.17) is 4.74 Å². The lowest BCUT2D eigenvalue weighted by Crippen LogP contribution is -2.26. The predicted octanol–water partition coefficient (Wildman–Crippen LogP) is 1.89. The quantitative estimate of drug-likeness (QED) is 0.466. The Labute approximate surface area is 109 Å². The van der Waals surface area contributed by atoms with Crippen LogP contribution in [0.1, 0.15) is 23.7 Å². The third-order valence-corrected chi connectivity index (χ3v) is 2.36. The highest BCUT2D eigenvalue weighted by Gasteiger charge is 2.20. The number of nitrogens with zero attached hydrogens (tertiary/aromatic N) is 1. The van der Waals surface area contributed by atoms with Crippen LogP contribution >= 0.6 is 0 Å². The minimum absolute atomic E-state index is 0.276. The minimum Gasteiger partial charge on any atom is -0.382 e. The average Bonchev–Trinajstić information content (AvgIpc) is 2.37. The Balaban J connectivity index is 2.65. The summed E-state index contributed by atoms with van der Waals surface area (Å²) in [6, 6.07) is 2.78. The number of rotatable bonds is 7. The molecule has 1 aromatic carbocycles. The molecule has 0 aliphatic carbocycles. The Bertz CT molecular complexity index is 465. The van der Waals surface area contributed by atoms with E-state index in [2.05, 4.69) is 5.32 Å². The largest absolute Gasteiger partial charge is 0.382 e. The average molecular weight is 270 g/mol. The van der Waals surface area contributed by atoms with Crippen molar-refractivity contribution in [1.29, 1.82) is 0 Å². The Hall–Kier alpha value is -2.02. The summed E-state index contributed by atoms with van der Waals surface area (Å²) < 4.78 is 18.1. The van der Waals surface area contributed by atoms with Gasteiger partial charge in [-0.2, -0.15) is 0 Å². The lowest BCUT2D eigenvalue weighted by atomic mass is 10.1. The second kappa shape index (κ2) is 7.42. The highest BCUT2D eigenvalue weighted by atomic mass is 19.1. The van der Waals surface area contributed by atoms with Gasteiger partial charge in [0.05, 0.1) is 4.92 Å². The van der Waals surface area contributed by atoms with Crippen LogP contribution < -0.4 is 5.32 Å². The number of ether oxygens (including phenoxy) is 1. The van der Waals surface area contributed by atoms with E-state index < -0.39 is 22.3 Å². The number of benzene rings is 1. The first-order chi connectivity index (χ1) is 9.06. The van der Waals surface area contributed by atoms with Crippen molar-refractivity contribution in [3.63, 3.8) is 0 Å². The van der Waals surface area contributed by atoms with Crippen LogP contribution in [-0.2, 0) is 4.74 Å². The number of carbonyl (C=O) groups is 1. The predicted molar refractivity (Wildman–Crippen MR) is 66.5 cm³/mol. The maximum Gasteiger partial charge on any atom is 0.282 e. The van der Waals surface area contributed by atoms with Gasteiger partial charge in [0.2, 0.25) is 0 Å². The van der Waals surface area contributed by atoms with Crippen LogP contribution in [0.2, 0.25) is 0 Å². The third-order valence-electron chi connectivity index (χ3n) is 2.36. The van der Waals surface area contributed by atoms with Crippen molar-refractivity contribution >= 4 is 11.6 Å². The van der Waals surface area contributed by atoms with Crippen LogP contribution in [0, 0.1) is 15.9 Å². The van der Waals surface area contributed by atoms with Crippen LogP contribution in [0.5, 0.6) is 0 Å². The molecule has 0 heterocycles. The molecule has 0 aliphatic rings. The van der Waals surface area contributed by atoms with Gasteiger partial charge in [-0.05, 0) is 25.5 Å². The first kappa shape index (κ1) is 15.0. The summed E-state index contributed by atoms with van der Waals surface area (Å²) in [4.78, 5) is 21.8. The van der Waals surface area contributed by atoms with Crippen molar-refractivity contribution in [2.24, 2.45) is 0 Å². The van der Waals surface area contributed by atoms with Crippen molar-refractivity contribution in [1.82, 2.24) is 5.32 Å². The molecule has 1 N–H and O–H groups in total. The van der Waals surface area contributed by atoms with Gasteiger partial charge < -0.3 is 10.1 Å². The van der Waals surface area contributed by atoms with Crippen LogP contribution in [0.25, 0.3) is 0 Å². The topological polar surface area (TPSA) is 81.5 Å². The minimum atomic E-state index is -0.714. The monoisotopic (exact) mass is 270 g/mol. The smallest absolute Gasteiger partial charge is 0.282 e. The van der Waals surface area contributed by atoms with E-state index in [0.717, 1.165) is 18.2 Å². The molecule has 0 radical (unpaired) electrons. The van der Waals surface area contributed by atoms with Gasteiger partial charge in [-0.1, -0.05) is 0 Å². The van der Waals surface area contributed by atoms with Crippen molar-refractivity contribution in [2.45, 2.75) is 13.3 Å². The molecule has 0 aliphatic heterocycles. The summed E-state index contributed by atoms with van der Waals surface area (Å²) in [6.07, 6.45) is 0.586. The molecule has 1 amide bonds. The SMILES string of the molecule is CCOCCCNC(=O)c1cc(F)ccc1[N+](=O)[O-]. The van der Waals surface area contributed by atoms with Crippen LogP contribution in [0.3, 0.4) is 0 Å². The fraction of sp³-hybridized carbons (Fsp3) is 0.417. The van der Waals surface area contributed by atoms with Gasteiger partial charge in [0.15, 0.2) is 0 Å². The number of nitro groups is 1. The van der Waals surface area contributed by atoms with Crippen molar-refractivity contribution in [3.8, 4) is 0 Å². The first-order valence-corrected chi connectivity index (χ1v) is 5.86. The number of nitro benzene ring substituents is 1. The molecule has 0 bridgehead atoms. The van der Waals surface area contributed by atoms with Gasteiger partial charge in [-0.15, -0.1) is 0 Å². The second-order valence-corrected chi connectivity index (χ2v) is 3.72. The maximum atomic E-state index is 13.0. The molecule has 1 aromatic rings. The summed E-state index contributed by atoms with van der Waals surface area (Å²) >= 11 is 0. The maximum absolute atomic E-state index is 13.0. The summed E-state index contributed by atoms with van der Waals surface area (Å²) in [5.74, 6) is -1.35. The zero-order chi connectivity index (χ0) is 14.3. The van der Waals surface area contributed by atoms with Gasteiger partial charge in [-0.25, -0.2) is 4.39 Å². The summed E-state index contributed by atoms with van der Waals surface area (Å²) in [5, 5.41) is 13.2. The van der Waals surface area contributed by atoms with E-state index in [-0.39, 0.29) is 5.56 Å². The number of amides is 1. The molecule has 19 heavy (non-hydrogen) atoms. The zero-order valence-electron chi connectivity index (χ0n) is 10.5. The molecule has 0 aromatic heterocycles. The van der Waals surface area contributed by atoms with E-state index in [1.807, 2.05) is 6.92 Å². The first-order valence-electron chi connectivity index (χ1n) is 5.86. The molecule has 104 valence electrons. The molecule has 0 unspecified atom stereocenters. The molecular weight excluding hydrogens is 255 g/mol. The molecule has 1 rings (SSSR count). The molecule has 0 fully saturated rings. The second-order valence-electron chi connectivity index (χ2n) is 3.72. The van der Waals surface area contributed by atoms with Gasteiger partial charge in [0.25, 0.3) is 11.6 Å².